The standard InChI is InChI=1S/C20H27ClN4O3S/c1-5-24(6-2)18-11-10-16(29(27,28)25(7-3)8-4)13-17(18)23-20(26)15-9-12-19(21)22-14-15/h9-14H,5-8H2,1-4H3,(H,23,26). The number of amides is 1. The molecule has 9 heteroatoms. The summed E-state index contributed by atoms with van der Waals surface area (Å²) in [5.74, 6) is -0.389. The Kier molecular flexibility index (Phi) is 8.01. The monoisotopic (exact) mass is 438 g/mol. The van der Waals surface area contributed by atoms with Crippen LogP contribution < -0.4 is 10.2 Å². The zero-order valence-corrected chi connectivity index (χ0v) is 18.7. The molecule has 0 atom stereocenters. The second-order valence-corrected chi connectivity index (χ2v) is 8.59. The first kappa shape index (κ1) is 23.1. The molecule has 0 saturated carbocycles. The number of aromatic nitrogens is 1. The summed E-state index contributed by atoms with van der Waals surface area (Å²) in [6, 6.07) is 7.93. The average molecular weight is 439 g/mol. The molecule has 0 fully saturated rings. The van der Waals surface area contributed by atoms with E-state index in [4.69, 9.17) is 11.6 Å². The lowest BCUT2D eigenvalue weighted by atomic mass is 10.2. The van der Waals surface area contributed by atoms with E-state index in [1.807, 2.05) is 18.7 Å². The molecule has 1 N–H and O–H groups in total. The van der Waals surface area contributed by atoms with Crippen molar-refractivity contribution < 1.29 is 13.2 Å². The van der Waals surface area contributed by atoms with Gasteiger partial charge in [-0.05, 0) is 44.2 Å². The maximum atomic E-state index is 12.9. The zero-order chi connectivity index (χ0) is 21.6. The van der Waals surface area contributed by atoms with Crippen molar-refractivity contribution in [3.63, 3.8) is 0 Å². The summed E-state index contributed by atoms with van der Waals surface area (Å²) < 4.78 is 27.3. The Bertz CT molecular complexity index is 941. The molecule has 1 amide bonds. The van der Waals surface area contributed by atoms with Gasteiger partial charge in [-0.3, -0.25) is 4.79 Å². The summed E-state index contributed by atoms with van der Waals surface area (Å²) in [6.07, 6.45) is 1.38. The topological polar surface area (TPSA) is 82.6 Å². The van der Waals surface area contributed by atoms with Crippen LogP contribution >= 0.6 is 11.6 Å². The van der Waals surface area contributed by atoms with Crippen molar-refractivity contribution in [1.82, 2.24) is 9.29 Å². The number of carbonyl (C=O) groups excluding carboxylic acids is 1. The highest BCUT2D eigenvalue weighted by Gasteiger charge is 2.24. The zero-order valence-electron chi connectivity index (χ0n) is 17.1. The molecule has 29 heavy (non-hydrogen) atoms. The summed E-state index contributed by atoms with van der Waals surface area (Å²) in [4.78, 5) is 18.8. The summed E-state index contributed by atoms with van der Waals surface area (Å²) in [5.41, 5.74) is 1.52. The summed E-state index contributed by atoms with van der Waals surface area (Å²) >= 11 is 5.79. The average Bonchev–Trinajstić information content (AvgIpc) is 2.71. The molecule has 2 rings (SSSR count). The van der Waals surface area contributed by atoms with Gasteiger partial charge in [0, 0.05) is 32.4 Å². The maximum Gasteiger partial charge on any atom is 0.257 e. The number of pyridine rings is 1. The minimum atomic E-state index is -3.65. The van der Waals surface area contributed by atoms with E-state index in [2.05, 4.69) is 10.3 Å². The van der Waals surface area contributed by atoms with E-state index in [0.717, 1.165) is 5.69 Å². The Balaban J connectivity index is 2.50. The van der Waals surface area contributed by atoms with Crippen molar-refractivity contribution in [3.8, 4) is 0 Å². The van der Waals surface area contributed by atoms with Crippen molar-refractivity contribution in [2.24, 2.45) is 0 Å². The molecule has 0 bridgehead atoms. The number of hydrogen-bond acceptors (Lipinski definition) is 5. The number of sulfonamides is 1. The van der Waals surface area contributed by atoms with Crippen LogP contribution in [-0.2, 0) is 10.0 Å². The van der Waals surface area contributed by atoms with Crippen LogP contribution in [0.5, 0.6) is 0 Å². The van der Waals surface area contributed by atoms with E-state index >= 15 is 0 Å². The normalized spacial score (nSPS) is 11.5. The molecule has 0 saturated heterocycles. The third kappa shape index (κ3) is 5.26. The van der Waals surface area contributed by atoms with Crippen molar-refractivity contribution in [3.05, 3.63) is 47.2 Å². The fraction of sp³-hybridized carbons (Fsp3) is 0.400. The van der Waals surface area contributed by atoms with Gasteiger partial charge in [-0.2, -0.15) is 4.31 Å². The van der Waals surface area contributed by atoms with Gasteiger partial charge in [-0.1, -0.05) is 25.4 Å². The van der Waals surface area contributed by atoms with Gasteiger partial charge in [0.25, 0.3) is 5.91 Å². The van der Waals surface area contributed by atoms with Gasteiger partial charge in [0.05, 0.1) is 21.8 Å². The Morgan fingerprint density at radius 3 is 2.21 bits per heavy atom. The second kappa shape index (κ2) is 10.0. The van der Waals surface area contributed by atoms with Crippen LogP contribution in [0.1, 0.15) is 38.1 Å². The minimum Gasteiger partial charge on any atom is -0.370 e. The molecule has 0 radical (unpaired) electrons. The number of nitrogens with zero attached hydrogens (tertiary/aromatic N) is 3. The molecule has 1 aromatic heterocycles. The third-order valence-corrected chi connectivity index (χ3v) is 6.92. The molecule has 0 aliphatic carbocycles. The lowest BCUT2D eigenvalue weighted by Crippen LogP contribution is -2.31. The van der Waals surface area contributed by atoms with E-state index < -0.39 is 10.0 Å². The van der Waals surface area contributed by atoms with Crippen molar-refractivity contribution >= 4 is 38.9 Å². The van der Waals surface area contributed by atoms with Gasteiger partial charge in [-0.25, -0.2) is 13.4 Å². The van der Waals surface area contributed by atoms with Gasteiger partial charge >= 0.3 is 0 Å². The third-order valence-electron chi connectivity index (χ3n) is 4.65. The molecule has 0 unspecified atom stereocenters. The molecule has 7 nitrogen and oxygen atoms in total. The minimum absolute atomic E-state index is 0.140. The quantitative estimate of drug-likeness (QED) is 0.601. The highest BCUT2D eigenvalue weighted by Crippen LogP contribution is 2.30. The molecule has 0 spiro atoms. The highest BCUT2D eigenvalue weighted by atomic mass is 35.5. The fourth-order valence-corrected chi connectivity index (χ4v) is 4.63. The fourth-order valence-electron chi connectivity index (χ4n) is 3.03. The number of halogens is 1. The Morgan fingerprint density at radius 1 is 1.03 bits per heavy atom. The number of carbonyl (C=O) groups is 1. The van der Waals surface area contributed by atoms with Gasteiger partial charge in [0.15, 0.2) is 0 Å². The summed E-state index contributed by atoms with van der Waals surface area (Å²) in [6.45, 7) is 9.75. The van der Waals surface area contributed by atoms with E-state index in [1.54, 1.807) is 32.0 Å². The lowest BCUT2D eigenvalue weighted by Gasteiger charge is -2.26. The van der Waals surface area contributed by atoms with E-state index in [9.17, 15) is 13.2 Å². The lowest BCUT2D eigenvalue weighted by molar-refractivity contribution is 0.102. The van der Waals surface area contributed by atoms with Crippen LogP contribution in [0, 0.1) is 0 Å². The SMILES string of the molecule is CCN(CC)c1ccc(S(=O)(=O)N(CC)CC)cc1NC(=O)c1ccc(Cl)nc1. The van der Waals surface area contributed by atoms with Gasteiger partial charge in [0.1, 0.15) is 5.15 Å². The number of nitrogens with one attached hydrogen (secondary N) is 1. The second-order valence-electron chi connectivity index (χ2n) is 6.26. The Hall–Kier alpha value is -2.16. The molecule has 158 valence electrons. The first-order valence-electron chi connectivity index (χ1n) is 9.60. The molecule has 1 heterocycles. The molecule has 1 aromatic carbocycles. The van der Waals surface area contributed by atoms with Gasteiger partial charge < -0.3 is 10.2 Å². The highest BCUT2D eigenvalue weighted by molar-refractivity contribution is 7.89. The van der Waals surface area contributed by atoms with Crippen LogP contribution in [0.25, 0.3) is 0 Å². The van der Waals surface area contributed by atoms with Crippen LogP contribution in [0.2, 0.25) is 5.15 Å². The Labute approximate surface area is 177 Å². The molecule has 0 aliphatic heterocycles. The maximum absolute atomic E-state index is 12.9. The molecular weight excluding hydrogens is 412 g/mol. The Morgan fingerprint density at radius 2 is 1.69 bits per heavy atom. The smallest absolute Gasteiger partial charge is 0.257 e. The summed E-state index contributed by atoms with van der Waals surface area (Å²) in [7, 11) is -3.65. The van der Waals surface area contributed by atoms with E-state index in [-0.39, 0.29) is 16.0 Å². The van der Waals surface area contributed by atoms with E-state index in [1.165, 1.54) is 22.6 Å². The first-order chi connectivity index (χ1) is 13.8. The predicted octanol–water partition coefficient (Wildman–Crippen LogP) is 3.86. The van der Waals surface area contributed by atoms with Gasteiger partial charge in [0.2, 0.25) is 10.0 Å². The number of rotatable bonds is 9. The van der Waals surface area contributed by atoms with Crippen molar-refractivity contribution in [2.45, 2.75) is 32.6 Å². The van der Waals surface area contributed by atoms with Gasteiger partial charge in [-0.15, -0.1) is 0 Å². The van der Waals surface area contributed by atoms with Crippen molar-refractivity contribution in [2.75, 3.05) is 36.4 Å². The molecular formula is C20H27ClN4O3S. The van der Waals surface area contributed by atoms with Crippen LogP contribution in [-0.4, -0.2) is 49.8 Å². The predicted molar refractivity (Wildman–Crippen MR) is 117 cm³/mol. The number of benzene rings is 1. The number of hydrogen-bond donors (Lipinski definition) is 1. The van der Waals surface area contributed by atoms with Crippen molar-refractivity contribution in [1.29, 1.82) is 0 Å². The van der Waals surface area contributed by atoms with Crippen LogP contribution in [0.15, 0.2) is 41.4 Å². The molecule has 2 aromatic rings. The van der Waals surface area contributed by atoms with E-state index in [0.29, 0.717) is 37.4 Å². The van der Waals surface area contributed by atoms with Crippen LogP contribution in [0.3, 0.4) is 0 Å². The van der Waals surface area contributed by atoms with Crippen LogP contribution in [0.4, 0.5) is 11.4 Å². The summed E-state index contributed by atoms with van der Waals surface area (Å²) in [5, 5.41) is 3.13. The molecule has 0 aliphatic rings. The largest absolute Gasteiger partial charge is 0.370 e. The number of anilines is 2. The first-order valence-corrected chi connectivity index (χ1v) is 11.4.